The van der Waals surface area contributed by atoms with Crippen molar-refractivity contribution in [1.82, 2.24) is 5.32 Å². The van der Waals surface area contributed by atoms with Crippen molar-refractivity contribution in [2.45, 2.75) is 39.2 Å². The zero-order chi connectivity index (χ0) is 17.5. The minimum atomic E-state index is -0.560. The van der Waals surface area contributed by atoms with Gasteiger partial charge in [0.1, 0.15) is 5.75 Å². The lowest BCUT2D eigenvalue weighted by molar-refractivity contribution is -0.150. The Labute approximate surface area is 151 Å². The number of amides is 1. The van der Waals surface area contributed by atoms with Crippen LogP contribution in [-0.2, 0) is 14.3 Å². The van der Waals surface area contributed by atoms with Crippen molar-refractivity contribution in [3.63, 3.8) is 0 Å². The molecule has 1 aromatic carbocycles. The Bertz CT molecular complexity index is 578. The van der Waals surface area contributed by atoms with Crippen molar-refractivity contribution in [2.24, 2.45) is 11.8 Å². The van der Waals surface area contributed by atoms with Crippen molar-refractivity contribution in [1.29, 1.82) is 0 Å². The van der Waals surface area contributed by atoms with Gasteiger partial charge in [-0.05, 0) is 36.5 Å². The van der Waals surface area contributed by atoms with Crippen molar-refractivity contribution < 1.29 is 19.1 Å². The number of hydrogen-bond donors (Lipinski definition) is 1. The van der Waals surface area contributed by atoms with Crippen LogP contribution >= 0.6 is 15.9 Å². The fourth-order valence-electron chi connectivity index (χ4n) is 2.92. The summed E-state index contributed by atoms with van der Waals surface area (Å²) in [5.41, 5.74) is 0. The molecule has 132 valence electrons. The predicted molar refractivity (Wildman–Crippen MR) is 94.7 cm³/mol. The molecule has 1 aliphatic carbocycles. The van der Waals surface area contributed by atoms with E-state index >= 15 is 0 Å². The first-order chi connectivity index (χ1) is 11.5. The smallest absolute Gasteiger partial charge is 0.344 e. The van der Waals surface area contributed by atoms with E-state index in [-0.39, 0.29) is 25.2 Å². The van der Waals surface area contributed by atoms with Crippen molar-refractivity contribution in [3.05, 3.63) is 28.7 Å². The minimum absolute atomic E-state index is 0.165. The molecule has 2 rings (SSSR count). The molecule has 0 heterocycles. The Hall–Kier alpha value is -1.56. The van der Waals surface area contributed by atoms with Gasteiger partial charge in [-0.25, -0.2) is 4.79 Å². The molecule has 0 aliphatic heterocycles. The summed E-state index contributed by atoms with van der Waals surface area (Å²) < 4.78 is 11.2. The third-order valence-electron chi connectivity index (χ3n) is 4.57. The summed E-state index contributed by atoms with van der Waals surface area (Å²) in [4.78, 5) is 23.6. The van der Waals surface area contributed by atoms with Gasteiger partial charge in [-0.15, -0.1) is 0 Å². The summed E-state index contributed by atoms with van der Waals surface area (Å²) >= 11 is 3.33. The van der Waals surface area contributed by atoms with E-state index in [1.165, 1.54) is 6.42 Å². The highest BCUT2D eigenvalue weighted by molar-refractivity contribution is 9.10. The Morgan fingerprint density at radius 2 is 2.04 bits per heavy atom. The number of rotatable bonds is 6. The minimum Gasteiger partial charge on any atom is -0.482 e. The van der Waals surface area contributed by atoms with E-state index in [0.29, 0.717) is 17.6 Å². The second-order valence-electron chi connectivity index (χ2n) is 6.35. The molecule has 0 bridgehead atoms. The standard InChI is InChI=1S/C18H24BrNO4/c1-12-5-3-8-16(13(12)2)20-17(21)10-24-18(22)11-23-15-7-4-6-14(19)9-15/h4,6-7,9,12-13,16H,3,5,8,10-11H2,1-2H3,(H,20,21)/t12-,13+,16+/m0/s1. The molecule has 0 radical (unpaired) electrons. The van der Waals surface area contributed by atoms with Crippen LogP contribution in [-0.4, -0.2) is 31.1 Å². The highest BCUT2D eigenvalue weighted by atomic mass is 79.9. The normalized spacial score (nSPS) is 23.4. The summed E-state index contributed by atoms with van der Waals surface area (Å²) in [5, 5.41) is 2.97. The number of nitrogens with one attached hydrogen (secondary N) is 1. The van der Waals surface area contributed by atoms with Gasteiger partial charge in [-0.3, -0.25) is 4.79 Å². The maximum Gasteiger partial charge on any atom is 0.344 e. The monoisotopic (exact) mass is 397 g/mol. The predicted octanol–water partition coefficient (Wildman–Crippen LogP) is 3.31. The average molecular weight is 398 g/mol. The number of halogens is 1. The molecule has 24 heavy (non-hydrogen) atoms. The van der Waals surface area contributed by atoms with E-state index < -0.39 is 5.97 Å². The molecule has 0 saturated heterocycles. The number of hydrogen-bond acceptors (Lipinski definition) is 4. The molecular formula is C18H24BrNO4. The van der Waals surface area contributed by atoms with Crippen LogP contribution in [0, 0.1) is 11.8 Å². The van der Waals surface area contributed by atoms with E-state index in [0.717, 1.165) is 17.3 Å². The molecule has 1 fully saturated rings. The molecule has 0 aromatic heterocycles. The molecule has 1 aliphatic rings. The quantitative estimate of drug-likeness (QED) is 0.747. The summed E-state index contributed by atoms with van der Waals surface area (Å²) in [7, 11) is 0. The van der Waals surface area contributed by atoms with Gasteiger partial charge in [-0.1, -0.05) is 48.7 Å². The summed E-state index contributed by atoms with van der Waals surface area (Å²) in [6.07, 6.45) is 3.31. The van der Waals surface area contributed by atoms with Gasteiger partial charge in [0.2, 0.25) is 0 Å². The van der Waals surface area contributed by atoms with Gasteiger partial charge in [0.05, 0.1) is 0 Å². The van der Waals surface area contributed by atoms with Crippen LogP contribution in [0.5, 0.6) is 5.75 Å². The Kier molecular flexibility index (Phi) is 7.09. The van der Waals surface area contributed by atoms with Gasteiger partial charge in [0.25, 0.3) is 5.91 Å². The second-order valence-corrected chi connectivity index (χ2v) is 7.26. The van der Waals surface area contributed by atoms with Gasteiger partial charge in [0, 0.05) is 10.5 Å². The third-order valence-corrected chi connectivity index (χ3v) is 5.06. The zero-order valence-corrected chi connectivity index (χ0v) is 15.7. The number of carbonyl (C=O) groups is 2. The number of carbonyl (C=O) groups excluding carboxylic acids is 2. The third kappa shape index (κ3) is 5.82. The maximum atomic E-state index is 12.0. The fourth-order valence-corrected chi connectivity index (χ4v) is 3.30. The molecule has 5 nitrogen and oxygen atoms in total. The Balaban J connectivity index is 1.68. The van der Waals surface area contributed by atoms with Crippen LogP contribution in [0.25, 0.3) is 0 Å². The van der Waals surface area contributed by atoms with Crippen LogP contribution in [0.1, 0.15) is 33.1 Å². The lowest BCUT2D eigenvalue weighted by atomic mass is 9.78. The highest BCUT2D eigenvalue weighted by Crippen LogP contribution is 2.29. The average Bonchev–Trinajstić information content (AvgIpc) is 2.55. The lowest BCUT2D eigenvalue weighted by Gasteiger charge is -2.34. The summed E-state index contributed by atoms with van der Waals surface area (Å²) in [5.74, 6) is 0.797. The van der Waals surface area contributed by atoms with E-state index in [9.17, 15) is 9.59 Å². The lowest BCUT2D eigenvalue weighted by Crippen LogP contribution is -2.45. The Morgan fingerprint density at radius 3 is 2.79 bits per heavy atom. The van der Waals surface area contributed by atoms with Crippen LogP contribution in [0.4, 0.5) is 0 Å². The van der Waals surface area contributed by atoms with Gasteiger partial charge in [-0.2, -0.15) is 0 Å². The molecule has 0 spiro atoms. The molecule has 1 aromatic rings. The highest BCUT2D eigenvalue weighted by Gasteiger charge is 2.28. The van der Waals surface area contributed by atoms with Crippen molar-refractivity contribution in [3.8, 4) is 5.75 Å². The molecule has 1 saturated carbocycles. The first-order valence-corrected chi connectivity index (χ1v) is 9.08. The maximum absolute atomic E-state index is 12.0. The largest absolute Gasteiger partial charge is 0.482 e. The number of benzene rings is 1. The topological polar surface area (TPSA) is 64.6 Å². The van der Waals surface area contributed by atoms with E-state index in [2.05, 4.69) is 35.1 Å². The molecule has 1 N–H and O–H groups in total. The molecule has 6 heteroatoms. The van der Waals surface area contributed by atoms with Crippen LogP contribution in [0.2, 0.25) is 0 Å². The summed E-state index contributed by atoms with van der Waals surface area (Å²) in [6.45, 7) is 3.88. The molecule has 0 unspecified atom stereocenters. The molecule has 3 atom stereocenters. The van der Waals surface area contributed by atoms with Crippen LogP contribution < -0.4 is 10.1 Å². The van der Waals surface area contributed by atoms with Crippen LogP contribution in [0.3, 0.4) is 0 Å². The number of ether oxygens (including phenoxy) is 2. The first kappa shape index (κ1) is 18.8. The molecular weight excluding hydrogens is 374 g/mol. The first-order valence-electron chi connectivity index (χ1n) is 8.29. The summed E-state index contributed by atoms with van der Waals surface area (Å²) in [6, 6.07) is 7.34. The Morgan fingerprint density at radius 1 is 1.25 bits per heavy atom. The van der Waals surface area contributed by atoms with E-state index in [1.54, 1.807) is 12.1 Å². The second kappa shape index (κ2) is 9.06. The SMILES string of the molecule is C[C@@H]1[C@@H](C)CCC[C@H]1NC(=O)COC(=O)COc1cccc(Br)c1. The van der Waals surface area contributed by atoms with Gasteiger partial charge < -0.3 is 14.8 Å². The van der Waals surface area contributed by atoms with Crippen molar-refractivity contribution in [2.75, 3.05) is 13.2 Å². The van der Waals surface area contributed by atoms with Gasteiger partial charge in [0.15, 0.2) is 13.2 Å². The fraction of sp³-hybridized carbons (Fsp3) is 0.556. The van der Waals surface area contributed by atoms with Crippen LogP contribution in [0.15, 0.2) is 28.7 Å². The van der Waals surface area contributed by atoms with E-state index in [4.69, 9.17) is 9.47 Å². The van der Waals surface area contributed by atoms with Gasteiger partial charge >= 0.3 is 5.97 Å². The zero-order valence-electron chi connectivity index (χ0n) is 14.1. The van der Waals surface area contributed by atoms with E-state index in [1.807, 2.05) is 12.1 Å². The van der Waals surface area contributed by atoms with Crippen molar-refractivity contribution >= 4 is 27.8 Å². The number of esters is 1. The molecule has 1 amide bonds.